The molecular weight excluding hydrogens is 472 g/mol. The Labute approximate surface area is 221 Å². The number of carbonyl (C=O) groups is 1. The van der Waals surface area contributed by atoms with Gasteiger partial charge in [-0.05, 0) is 79.9 Å². The third-order valence-electron chi connectivity index (χ3n) is 6.51. The second-order valence-corrected chi connectivity index (χ2v) is 9.64. The Morgan fingerprint density at radius 3 is 2.42 bits per heavy atom. The van der Waals surface area contributed by atoms with E-state index in [2.05, 4.69) is 32.5 Å². The van der Waals surface area contributed by atoms with Crippen molar-refractivity contribution < 1.29 is 4.79 Å². The van der Waals surface area contributed by atoms with Gasteiger partial charge in [-0.15, -0.1) is 0 Å². The Hall–Kier alpha value is -5.09. The predicted molar refractivity (Wildman–Crippen MR) is 148 cm³/mol. The molecule has 1 N–H and O–H groups in total. The molecule has 0 saturated heterocycles. The van der Waals surface area contributed by atoms with Crippen LogP contribution < -0.4 is 5.32 Å². The maximum atomic E-state index is 13.0. The molecule has 0 fully saturated rings. The van der Waals surface area contributed by atoms with Crippen LogP contribution in [0, 0.1) is 18.3 Å². The lowest BCUT2D eigenvalue weighted by Gasteiger charge is -2.16. The maximum absolute atomic E-state index is 13.0. The van der Waals surface area contributed by atoms with Gasteiger partial charge in [-0.2, -0.15) is 10.4 Å². The minimum absolute atomic E-state index is 0.240. The Bertz CT molecular complexity index is 1660. The van der Waals surface area contributed by atoms with Crippen molar-refractivity contribution in [3.63, 3.8) is 0 Å². The number of nitrogens with one attached hydrogen (secondary N) is 1. The average molecular weight is 499 g/mol. The summed E-state index contributed by atoms with van der Waals surface area (Å²) in [6.07, 6.45) is 10.9. The first-order valence-electron chi connectivity index (χ1n) is 12.2. The van der Waals surface area contributed by atoms with Crippen molar-refractivity contribution in [2.24, 2.45) is 0 Å². The van der Waals surface area contributed by atoms with Crippen molar-refractivity contribution in [3.8, 4) is 34.0 Å². The molecule has 0 aliphatic heterocycles. The van der Waals surface area contributed by atoms with Gasteiger partial charge in [0.15, 0.2) is 0 Å². The predicted octanol–water partition coefficient (Wildman–Crippen LogP) is 6.36. The Balaban J connectivity index is 1.39. The molecule has 0 saturated carbocycles. The highest BCUT2D eigenvalue weighted by Gasteiger charge is 2.21. The first kappa shape index (κ1) is 24.6. The van der Waals surface area contributed by atoms with Gasteiger partial charge in [0.2, 0.25) is 0 Å². The molecule has 0 bridgehead atoms. The van der Waals surface area contributed by atoms with E-state index in [0.29, 0.717) is 11.3 Å². The highest BCUT2D eigenvalue weighted by molar-refractivity contribution is 6.04. The quantitative estimate of drug-likeness (QED) is 0.294. The van der Waals surface area contributed by atoms with E-state index in [-0.39, 0.29) is 5.91 Å². The molecule has 5 rings (SSSR count). The van der Waals surface area contributed by atoms with E-state index in [1.54, 1.807) is 41.5 Å². The summed E-state index contributed by atoms with van der Waals surface area (Å²) >= 11 is 0. The van der Waals surface area contributed by atoms with Crippen molar-refractivity contribution in [2.45, 2.75) is 26.2 Å². The van der Waals surface area contributed by atoms with Crippen molar-refractivity contribution in [1.82, 2.24) is 19.7 Å². The van der Waals surface area contributed by atoms with Crippen molar-refractivity contribution in [3.05, 3.63) is 115 Å². The molecule has 3 heterocycles. The molecule has 1 amide bonds. The standard InChI is InChI=1S/C31H26N6O/c1-21-7-8-28(36-30(38)23-5-4-6-27(14-23)31(2,3)20-32)15-29(21)37-19-26(18-35-37)25-13-24(16-34-17-25)22-9-11-33-12-10-22/h4-19H,1-3H3,(H,36,38). The molecule has 186 valence electrons. The molecule has 0 radical (unpaired) electrons. The first-order chi connectivity index (χ1) is 18.3. The lowest BCUT2D eigenvalue weighted by atomic mass is 9.85. The van der Waals surface area contributed by atoms with Crippen LogP contribution in [0.15, 0.2) is 97.8 Å². The SMILES string of the molecule is Cc1ccc(NC(=O)c2cccc(C(C)(C)C#N)c2)cc1-n1cc(-c2cncc(-c3ccncc3)c2)cn1. The van der Waals surface area contributed by atoms with Crippen LogP contribution in [-0.2, 0) is 5.41 Å². The summed E-state index contributed by atoms with van der Waals surface area (Å²) in [6, 6.07) is 21.2. The summed E-state index contributed by atoms with van der Waals surface area (Å²) in [7, 11) is 0. The average Bonchev–Trinajstić information content (AvgIpc) is 3.45. The lowest BCUT2D eigenvalue weighted by Crippen LogP contribution is -2.17. The second-order valence-electron chi connectivity index (χ2n) is 9.64. The molecule has 0 unspecified atom stereocenters. The number of hydrogen-bond donors (Lipinski definition) is 1. The molecule has 0 aliphatic carbocycles. The van der Waals surface area contributed by atoms with Crippen LogP contribution in [0.5, 0.6) is 0 Å². The van der Waals surface area contributed by atoms with E-state index in [4.69, 9.17) is 0 Å². The van der Waals surface area contributed by atoms with Crippen LogP contribution in [0.25, 0.3) is 27.9 Å². The number of nitriles is 1. The number of rotatable bonds is 6. The minimum atomic E-state index is -0.682. The van der Waals surface area contributed by atoms with Crippen molar-refractivity contribution >= 4 is 11.6 Å². The Morgan fingerprint density at radius 2 is 1.66 bits per heavy atom. The van der Waals surface area contributed by atoms with Gasteiger partial charge in [0, 0.05) is 58.9 Å². The molecule has 2 aromatic carbocycles. The fraction of sp³-hybridized carbons (Fsp3) is 0.129. The zero-order valence-corrected chi connectivity index (χ0v) is 21.4. The van der Waals surface area contributed by atoms with Gasteiger partial charge in [-0.3, -0.25) is 14.8 Å². The summed E-state index contributed by atoms with van der Waals surface area (Å²) < 4.78 is 1.80. The highest BCUT2D eigenvalue weighted by atomic mass is 16.1. The van der Waals surface area contributed by atoms with Crippen molar-refractivity contribution in [2.75, 3.05) is 5.32 Å². The molecule has 5 aromatic rings. The summed E-state index contributed by atoms with van der Waals surface area (Å²) in [6.45, 7) is 5.67. The van der Waals surface area contributed by atoms with Crippen LogP contribution in [-0.4, -0.2) is 25.7 Å². The number of pyridine rings is 2. The van der Waals surface area contributed by atoms with Crippen LogP contribution in [0.3, 0.4) is 0 Å². The van der Waals surface area contributed by atoms with E-state index in [9.17, 15) is 10.1 Å². The van der Waals surface area contributed by atoms with E-state index in [1.807, 2.05) is 75.8 Å². The number of nitrogens with zero attached hydrogens (tertiary/aromatic N) is 5. The molecule has 7 nitrogen and oxygen atoms in total. The van der Waals surface area contributed by atoms with Crippen LogP contribution in [0.4, 0.5) is 5.69 Å². The van der Waals surface area contributed by atoms with Crippen molar-refractivity contribution in [1.29, 1.82) is 5.26 Å². The third-order valence-corrected chi connectivity index (χ3v) is 6.51. The summed E-state index contributed by atoms with van der Waals surface area (Å²) in [5.74, 6) is -0.240. The van der Waals surface area contributed by atoms with Gasteiger partial charge in [0.1, 0.15) is 0 Å². The summed E-state index contributed by atoms with van der Waals surface area (Å²) in [4.78, 5) is 21.5. The number of aromatic nitrogens is 4. The Kier molecular flexibility index (Phi) is 6.55. The molecule has 3 aromatic heterocycles. The van der Waals surface area contributed by atoms with Gasteiger partial charge in [-0.25, -0.2) is 4.68 Å². The van der Waals surface area contributed by atoms with Gasteiger partial charge in [0.25, 0.3) is 5.91 Å². The lowest BCUT2D eigenvalue weighted by molar-refractivity contribution is 0.102. The number of benzene rings is 2. The fourth-order valence-electron chi connectivity index (χ4n) is 4.15. The number of amides is 1. The topological polar surface area (TPSA) is 96.5 Å². The number of anilines is 1. The van der Waals surface area contributed by atoms with E-state index < -0.39 is 5.41 Å². The zero-order chi connectivity index (χ0) is 26.7. The van der Waals surface area contributed by atoms with Gasteiger partial charge in [-0.1, -0.05) is 18.2 Å². The molecule has 7 heteroatoms. The summed E-state index contributed by atoms with van der Waals surface area (Å²) in [5, 5.41) is 17.0. The van der Waals surface area contributed by atoms with Gasteiger partial charge >= 0.3 is 0 Å². The first-order valence-corrected chi connectivity index (χ1v) is 12.2. The fourth-order valence-corrected chi connectivity index (χ4v) is 4.15. The van der Waals surface area contributed by atoms with Crippen LogP contribution >= 0.6 is 0 Å². The number of carbonyl (C=O) groups excluding carboxylic acids is 1. The monoisotopic (exact) mass is 498 g/mol. The molecular formula is C31H26N6O. The minimum Gasteiger partial charge on any atom is -0.322 e. The summed E-state index contributed by atoms with van der Waals surface area (Å²) in [5.41, 5.74) is 7.05. The molecule has 0 spiro atoms. The normalized spacial score (nSPS) is 11.1. The highest BCUT2D eigenvalue weighted by Crippen LogP contribution is 2.27. The van der Waals surface area contributed by atoms with Gasteiger partial charge < -0.3 is 5.32 Å². The van der Waals surface area contributed by atoms with E-state index >= 15 is 0 Å². The van der Waals surface area contributed by atoms with E-state index in [0.717, 1.165) is 39.1 Å². The van der Waals surface area contributed by atoms with Crippen LogP contribution in [0.2, 0.25) is 0 Å². The molecule has 0 atom stereocenters. The number of aryl methyl sites for hydroxylation is 1. The smallest absolute Gasteiger partial charge is 0.255 e. The number of hydrogen-bond acceptors (Lipinski definition) is 5. The Morgan fingerprint density at radius 1 is 0.895 bits per heavy atom. The molecule has 38 heavy (non-hydrogen) atoms. The van der Waals surface area contributed by atoms with E-state index in [1.165, 1.54) is 0 Å². The maximum Gasteiger partial charge on any atom is 0.255 e. The largest absolute Gasteiger partial charge is 0.322 e. The second kappa shape index (κ2) is 10.1. The zero-order valence-electron chi connectivity index (χ0n) is 21.4. The molecule has 0 aliphatic rings. The van der Waals surface area contributed by atoms with Gasteiger partial charge in [0.05, 0.1) is 23.4 Å². The third kappa shape index (κ3) is 5.06. The van der Waals surface area contributed by atoms with Crippen LogP contribution in [0.1, 0.15) is 35.3 Å².